The van der Waals surface area contributed by atoms with Crippen molar-refractivity contribution in [3.63, 3.8) is 0 Å². The van der Waals surface area contributed by atoms with Crippen molar-refractivity contribution in [3.8, 4) is 0 Å². The maximum Gasteiger partial charge on any atom is 0.306 e. The third kappa shape index (κ3) is 49.4. The Morgan fingerprint density at radius 2 is 0.532 bits per heavy atom. The summed E-state index contributed by atoms with van der Waals surface area (Å²) in [6.07, 6.45) is 53.7. The molecule has 0 N–H and O–H groups in total. The molecule has 6 heteroatoms. The minimum Gasteiger partial charge on any atom is -0.462 e. The predicted octanol–water partition coefficient (Wildman–Crippen LogP) is 18.2. The van der Waals surface area contributed by atoms with Crippen LogP contribution in [0.2, 0.25) is 0 Å². The van der Waals surface area contributed by atoms with E-state index in [0.29, 0.717) is 19.3 Å². The molecule has 0 aliphatic heterocycles. The lowest BCUT2D eigenvalue weighted by Crippen LogP contribution is -2.30. The predicted molar refractivity (Wildman–Crippen MR) is 266 cm³/mol. The molecule has 62 heavy (non-hydrogen) atoms. The Hall–Kier alpha value is -1.59. The maximum absolute atomic E-state index is 12.8. The quantitative estimate of drug-likeness (QED) is 0.0344. The van der Waals surface area contributed by atoms with Crippen LogP contribution in [0.4, 0.5) is 0 Å². The Kier molecular flexibility index (Phi) is 49.1. The first kappa shape index (κ1) is 60.4. The summed E-state index contributed by atoms with van der Waals surface area (Å²) >= 11 is 0. The van der Waals surface area contributed by atoms with Gasteiger partial charge < -0.3 is 14.2 Å². The largest absolute Gasteiger partial charge is 0.462 e. The molecule has 0 rings (SSSR count). The Labute approximate surface area is 387 Å². The van der Waals surface area contributed by atoms with Crippen LogP contribution in [-0.2, 0) is 28.6 Å². The summed E-state index contributed by atoms with van der Waals surface area (Å²) in [4.78, 5) is 38.0. The first-order valence-corrected chi connectivity index (χ1v) is 27.9. The van der Waals surface area contributed by atoms with Gasteiger partial charge in [0, 0.05) is 19.3 Å². The van der Waals surface area contributed by atoms with Crippen LogP contribution in [0, 0.1) is 5.92 Å². The summed E-state index contributed by atoms with van der Waals surface area (Å²) in [6, 6.07) is 0. The van der Waals surface area contributed by atoms with E-state index in [1.807, 2.05) is 0 Å². The van der Waals surface area contributed by atoms with Gasteiger partial charge in [0.25, 0.3) is 0 Å². The molecule has 1 atom stereocenters. The van der Waals surface area contributed by atoms with Crippen molar-refractivity contribution in [1.82, 2.24) is 0 Å². The lowest BCUT2D eigenvalue weighted by Gasteiger charge is -2.18. The van der Waals surface area contributed by atoms with Crippen LogP contribution >= 0.6 is 0 Å². The van der Waals surface area contributed by atoms with Crippen LogP contribution in [0.5, 0.6) is 0 Å². The number of hydrogen-bond donors (Lipinski definition) is 0. The fourth-order valence-electron chi connectivity index (χ4n) is 8.57. The lowest BCUT2D eigenvalue weighted by atomic mass is 10.0. The number of rotatable bonds is 51. The summed E-state index contributed by atoms with van der Waals surface area (Å²) in [5.74, 6) is 0.00941. The van der Waals surface area contributed by atoms with Gasteiger partial charge in [-0.3, -0.25) is 14.4 Å². The number of carbonyl (C=O) groups excluding carboxylic acids is 3. The Morgan fingerprint density at radius 1 is 0.306 bits per heavy atom. The van der Waals surface area contributed by atoms with Gasteiger partial charge in [0.05, 0.1) is 0 Å². The molecule has 0 bridgehead atoms. The number of esters is 3. The third-order valence-electron chi connectivity index (χ3n) is 12.8. The zero-order valence-corrected chi connectivity index (χ0v) is 42.3. The normalized spacial score (nSPS) is 12.0. The molecule has 0 unspecified atom stereocenters. The second-order valence-electron chi connectivity index (χ2n) is 19.7. The fourth-order valence-corrected chi connectivity index (χ4v) is 8.57. The molecule has 0 spiro atoms. The van der Waals surface area contributed by atoms with Crippen molar-refractivity contribution in [1.29, 1.82) is 0 Å². The third-order valence-corrected chi connectivity index (χ3v) is 12.8. The Bertz CT molecular complexity index is 933. The smallest absolute Gasteiger partial charge is 0.306 e. The Balaban J connectivity index is 4.27. The van der Waals surface area contributed by atoms with E-state index in [0.717, 1.165) is 63.7 Å². The summed E-state index contributed by atoms with van der Waals surface area (Å²) in [7, 11) is 0. The van der Waals surface area contributed by atoms with Gasteiger partial charge in [-0.1, -0.05) is 278 Å². The van der Waals surface area contributed by atoms with E-state index in [-0.39, 0.29) is 31.1 Å². The Morgan fingerprint density at radius 3 is 0.790 bits per heavy atom. The van der Waals surface area contributed by atoms with Crippen LogP contribution in [-0.4, -0.2) is 37.2 Å². The van der Waals surface area contributed by atoms with Crippen molar-refractivity contribution < 1.29 is 28.6 Å². The zero-order chi connectivity index (χ0) is 45.2. The van der Waals surface area contributed by atoms with Crippen LogP contribution in [0.15, 0.2) is 0 Å². The van der Waals surface area contributed by atoms with E-state index >= 15 is 0 Å². The average molecular weight is 877 g/mol. The van der Waals surface area contributed by atoms with E-state index in [2.05, 4.69) is 27.7 Å². The summed E-state index contributed by atoms with van der Waals surface area (Å²) in [6.45, 7) is 9.05. The van der Waals surface area contributed by atoms with Crippen LogP contribution in [0.3, 0.4) is 0 Å². The summed E-state index contributed by atoms with van der Waals surface area (Å²) in [5.41, 5.74) is 0. The highest BCUT2D eigenvalue weighted by Crippen LogP contribution is 2.18. The van der Waals surface area contributed by atoms with Gasteiger partial charge >= 0.3 is 17.9 Å². The summed E-state index contributed by atoms with van der Waals surface area (Å²) < 4.78 is 16.8. The molecule has 0 saturated heterocycles. The van der Waals surface area contributed by atoms with Gasteiger partial charge in [-0.05, 0) is 25.2 Å². The maximum atomic E-state index is 12.8. The molecule has 0 amide bonds. The van der Waals surface area contributed by atoms with E-state index in [9.17, 15) is 14.4 Å². The van der Waals surface area contributed by atoms with Crippen LogP contribution < -0.4 is 0 Å². The van der Waals surface area contributed by atoms with Crippen molar-refractivity contribution in [2.45, 2.75) is 323 Å². The van der Waals surface area contributed by atoms with E-state index in [1.165, 1.54) is 212 Å². The first-order chi connectivity index (χ1) is 30.4. The van der Waals surface area contributed by atoms with Gasteiger partial charge in [0.1, 0.15) is 13.2 Å². The molecule has 0 aliphatic rings. The van der Waals surface area contributed by atoms with Crippen molar-refractivity contribution in [3.05, 3.63) is 0 Å². The molecule has 0 aromatic heterocycles. The second-order valence-corrected chi connectivity index (χ2v) is 19.7. The monoisotopic (exact) mass is 877 g/mol. The average Bonchev–Trinajstić information content (AvgIpc) is 3.26. The second kappa shape index (κ2) is 50.4. The van der Waals surface area contributed by atoms with E-state index in [4.69, 9.17) is 14.2 Å². The SMILES string of the molecule is CCCCCCCCCCCCCCCCCC(=O)OC[C@@H](COC(=O)CCCCCCCCCCCCC)OC(=O)CCCCCCCCCCCCCCCCCC(C)C. The molecule has 0 aromatic carbocycles. The van der Waals surface area contributed by atoms with Gasteiger partial charge in [0.2, 0.25) is 0 Å². The minimum absolute atomic E-state index is 0.0620. The van der Waals surface area contributed by atoms with Crippen molar-refractivity contribution in [2.75, 3.05) is 13.2 Å². The molecule has 368 valence electrons. The number of ether oxygens (including phenoxy) is 3. The van der Waals surface area contributed by atoms with Gasteiger partial charge in [-0.15, -0.1) is 0 Å². The van der Waals surface area contributed by atoms with E-state index in [1.54, 1.807) is 0 Å². The number of hydrogen-bond acceptors (Lipinski definition) is 6. The molecule has 0 fully saturated rings. The van der Waals surface area contributed by atoms with Crippen molar-refractivity contribution in [2.24, 2.45) is 5.92 Å². The van der Waals surface area contributed by atoms with Gasteiger partial charge in [0.15, 0.2) is 6.10 Å². The fraction of sp³-hybridized carbons (Fsp3) is 0.946. The minimum atomic E-state index is -0.761. The topological polar surface area (TPSA) is 78.9 Å². The zero-order valence-electron chi connectivity index (χ0n) is 42.3. The highest BCUT2D eigenvalue weighted by atomic mass is 16.6. The number of carbonyl (C=O) groups is 3. The van der Waals surface area contributed by atoms with E-state index < -0.39 is 6.10 Å². The molecule has 6 nitrogen and oxygen atoms in total. The molecule has 0 aromatic rings. The molecular weight excluding hydrogens is 769 g/mol. The summed E-state index contributed by atoms with van der Waals surface area (Å²) in [5, 5.41) is 0. The molecular formula is C56H108O6. The molecule has 0 aliphatic carbocycles. The lowest BCUT2D eigenvalue weighted by molar-refractivity contribution is -0.167. The molecule has 0 radical (unpaired) electrons. The highest BCUT2D eigenvalue weighted by molar-refractivity contribution is 5.71. The number of unbranched alkanes of at least 4 members (excludes halogenated alkanes) is 38. The van der Waals surface area contributed by atoms with Crippen LogP contribution in [0.25, 0.3) is 0 Å². The van der Waals surface area contributed by atoms with Crippen LogP contribution in [0.1, 0.15) is 317 Å². The van der Waals surface area contributed by atoms with Gasteiger partial charge in [-0.2, -0.15) is 0 Å². The first-order valence-electron chi connectivity index (χ1n) is 27.9. The molecule has 0 saturated carbocycles. The van der Waals surface area contributed by atoms with Gasteiger partial charge in [-0.25, -0.2) is 0 Å². The molecule has 0 heterocycles. The highest BCUT2D eigenvalue weighted by Gasteiger charge is 2.19. The van der Waals surface area contributed by atoms with Crippen molar-refractivity contribution >= 4 is 17.9 Å². The standard InChI is InChI=1S/C56H108O6/c1-5-7-9-11-13-15-17-18-20-24-28-32-36-40-44-48-55(58)61-51-53(50-60-54(57)47-43-39-35-31-26-16-14-12-10-8-6-2)62-56(59)49-45-41-37-33-29-25-22-19-21-23-27-30-34-38-42-46-52(3)4/h52-53H,5-51H2,1-4H3/t53-/m1/s1.